The molecule has 0 aliphatic heterocycles. The van der Waals surface area contributed by atoms with Crippen LogP contribution in [0.15, 0.2) is 48.7 Å². The van der Waals surface area contributed by atoms with Gasteiger partial charge >= 0.3 is 6.18 Å². The van der Waals surface area contributed by atoms with Crippen molar-refractivity contribution >= 4 is 10.9 Å². The first-order valence-electron chi connectivity index (χ1n) is 6.63. The van der Waals surface area contributed by atoms with Crippen LogP contribution in [0.25, 0.3) is 22.2 Å². The molecule has 0 bridgehead atoms. The lowest BCUT2D eigenvalue weighted by molar-refractivity contribution is -0.139. The number of hydrogen-bond acceptors (Lipinski definition) is 2. The smallest absolute Gasteiger partial charge is 0.406 e. The average Bonchev–Trinajstić information content (AvgIpc) is 2.84. The van der Waals surface area contributed by atoms with Crippen LogP contribution in [-0.2, 0) is 6.54 Å². The molecule has 0 saturated carbocycles. The number of para-hydroxylation sites is 1. The zero-order valence-electron chi connectivity index (χ0n) is 11.8. The fourth-order valence-electron chi connectivity index (χ4n) is 2.45. The Morgan fingerprint density at radius 1 is 1.14 bits per heavy atom. The van der Waals surface area contributed by atoms with Crippen LogP contribution in [0.2, 0.25) is 0 Å². The number of hydrogen-bond donors (Lipinski definition) is 0. The topological polar surface area (TPSA) is 27.1 Å². The molecule has 2 heterocycles. The van der Waals surface area contributed by atoms with E-state index in [2.05, 4.69) is 4.98 Å². The molecule has 0 saturated heterocycles. The number of pyridine rings is 1. The first-order chi connectivity index (χ1) is 10.5. The molecule has 0 amide bonds. The molecule has 114 valence electrons. The Hall–Kier alpha value is -2.50. The zero-order valence-corrected chi connectivity index (χ0v) is 11.8. The summed E-state index contributed by atoms with van der Waals surface area (Å²) in [5, 5.41) is 0.762. The van der Waals surface area contributed by atoms with E-state index in [1.54, 1.807) is 42.5 Å². The molecule has 22 heavy (non-hydrogen) atoms. The molecule has 3 rings (SSSR count). The molecule has 0 aliphatic carbocycles. The molecule has 0 unspecified atom stereocenters. The molecule has 2 aromatic heterocycles. The van der Waals surface area contributed by atoms with Crippen molar-refractivity contribution in [2.45, 2.75) is 12.7 Å². The van der Waals surface area contributed by atoms with E-state index in [4.69, 9.17) is 4.74 Å². The molecule has 6 heteroatoms. The minimum atomic E-state index is -4.30. The van der Waals surface area contributed by atoms with E-state index in [9.17, 15) is 13.2 Å². The molecule has 0 atom stereocenters. The Morgan fingerprint density at radius 2 is 1.91 bits per heavy atom. The van der Waals surface area contributed by atoms with Gasteiger partial charge in [0.15, 0.2) is 0 Å². The van der Waals surface area contributed by atoms with Gasteiger partial charge in [0.1, 0.15) is 6.54 Å². The van der Waals surface area contributed by atoms with Crippen molar-refractivity contribution in [3.63, 3.8) is 0 Å². The second-order valence-electron chi connectivity index (χ2n) is 4.88. The molecule has 3 aromatic rings. The van der Waals surface area contributed by atoms with Gasteiger partial charge in [-0.05, 0) is 18.2 Å². The monoisotopic (exact) mass is 306 g/mol. The van der Waals surface area contributed by atoms with E-state index < -0.39 is 12.7 Å². The van der Waals surface area contributed by atoms with Crippen molar-refractivity contribution in [3.05, 3.63) is 48.7 Å². The number of fused-ring (bicyclic) bond motifs is 1. The van der Waals surface area contributed by atoms with Crippen LogP contribution in [0.5, 0.6) is 5.88 Å². The summed E-state index contributed by atoms with van der Waals surface area (Å²) in [6.45, 7) is -1.04. The summed E-state index contributed by atoms with van der Waals surface area (Å²) in [6, 6.07) is 12.1. The van der Waals surface area contributed by atoms with Crippen LogP contribution in [-0.4, -0.2) is 22.8 Å². The third-order valence-corrected chi connectivity index (χ3v) is 3.39. The maximum absolute atomic E-state index is 12.9. The van der Waals surface area contributed by atoms with Gasteiger partial charge in [-0.1, -0.05) is 18.2 Å². The predicted octanol–water partition coefficient (Wildman–Crippen LogP) is 4.27. The third-order valence-electron chi connectivity index (χ3n) is 3.39. The number of nitrogens with zero attached hydrogens (tertiary/aromatic N) is 2. The lowest BCUT2D eigenvalue weighted by Crippen LogP contribution is -2.18. The van der Waals surface area contributed by atoms with Crippen molar-refractivity contribution in [3.8, 4) is 17.1 Å². The van der Waals surface area contributed by atoms with E-state index in [0.717, 1.165) is 5.39 Å². The van der Waals surface area contributed by atoms with Gasteiger partial charge in [-0.25, -0.2) is 4.98 Å². The summed E-state index contributed by atoms with van der Waals surface area (Å²) >= 11 is 0. The fourth-order valence-corrected chi connectivity index (χ4v) is 2.45. The largest absolute Gasteiger partial charge is 0.481 e. The first kappa shape index (κ1) is 14.4. The Balaban J connectivity index is 2.16. The number of ether oxygens (including phenoxy) is 1. The minimum Gasteiger partial charge on any atom is -0.481 e. The molecular weight excluding hydrogens is 293 g/mol. The molecular formula is C16H13F3N2O. The highest BCUT2D eigenvalue weighted by molar-refractivity contribution is 5.87. The number of halogens is 3. The summed E-state index contributed by atoms with van der Waals surface area (Å²) in [5.74, 6) is 0.419. The summed E-state index contributed by atoms with van der Waals surface area (Å²) < 4.78 is 45.0. The number of rotatable bonds is 3. The van der Waals surface area contributed by atoms with Crippen molar-refractivity contribution in [2.24, 2.45) is 0 Å². The minimum absolute atomic E-state index is 0.419. The number of benzene rings is 1. The molecule has 0 radical (unpaired) electrons. The Morgan fingerprint density at radius 3 is 2.55 bits per heavy atom. The van der Waals surface area contributed by atoms with Gasteiger partial charge in [0.2, 0.25) is 5.88 Å². The summed E-state index contributed by atoms with van der Waals surface area (Å²) in [4.78, 5) is 4.06. The molecule has 0 fully saturated rings. The van der Waals surface area contributed by atoms with Gasteiger partial charge in [0.25, 0.3) is 0 Å². The van der Waals surface area contributed by atoms with E-state index in [-0.39, 0.29) is 0 Å². The van der Waals surface area contributed by atoms with E-state index >= 15 is 0 Å². The average molecular weight is 306 g/mol. The summed E-state index contributed by atoms with van der Waals surface area (Å²) in [5.41, 5.74) is 1.64. The maximum atomic E-state index is 12.9. The highest BCUT2D eigenvalue weighted by Crippen LogP contribution is 2.31. The Kier molecular flexibility index (Phi) is 3.52. The van der Waals surface area contributed by atoms with Crippen molar-refractivity contribution in [1.29, 1.82) is 0 Å². The van der Waals surface area contributed by atoms with Crippen LogP contribution in [0, 0.1) is 0 Å². The highest BCUT2D eigenvalue weighted by atomic mass is 19.4. The maximum Gasteiger partial charge on any atom is 0.406 e. The molecule has 1 aromatic carbocycles. The third kappa shape index (κ3) is 2.77. The summed E-state index contributed by atoms with van der Waals surface area (Å²) in [7, 11) is 1.49. The van der Waals surface area contributed by atoms with Gasteiger partial charge in [-0.3, -0.25) is 0 Å². The Labute approximate surface area is 125 Å². The molecule has 3 nitrogen and oxygen atoms in total. The normalized spacial score (nSPS) is 11.8. The van der Waals surface area contributed by atoms with E-state index in [0.29, 0.717) is 22.7 Å². The molecule has 0 spiro atoms. The second kappa shape index (κ2) is 5.36. The predicted molar refractivity (Wildman–Crippen MR) is 77.8 cm³/mol. The number of methoxy groups -OCH3 is 1. The second-order valence-corrected chi connectivity index (χ2v) is 4.88. The van der Waals surface area contributed by atoms with Gasteiger partial charge in [0, 0.05) is 28.7 Å². The highest BCUT2D eigenvalue weighted by Gasteiger charge is 2.30. The summed E-state index contributed by atoms with van der Waals surface area (Å²) in [6.07, 6.45) is -2.78. The standard InChI is InChI=1S/C16H13F3N2O/c1-22-15-7-6-12(9-20-15)14-8-11-4-2-3-5-13(11)21(14)10-16(17,18)19/h2-9H,10H2,1H3. The number of aromatic nitrogens is 2. The first-order valence-corrected chi connectivity index (χ1v) is 6.63. The van der Waals surface area contributed by atoms with Gasteiger partial charge in [-0.2, -0.15) is 13.2 Å². The van der Waals surface area contributed by atoms with Crippen molar-refractivity contribution in [1.82, 2.24) is 9.55 Å². The van der Waals surface area contributed by atoms with E-state index in [1.807, 2.05) is 0 Å². The SMILES string of the molecule is COc1ccc(-c2cc3ccccc3n2CC(F)(F)F)cn1. The quantitative estimate of drug-likeness (QED) is 0.722. The molecule has 0 N–H and O–H groups in total. The van der Waals surface area contributed by atoms with Crippen molar-refractivity contribution in [2.75, 3.05) is 7.11 Å². The lowest BCUT2D eigenvalue weighted by Gasteiger charge is -2.13. The van der Waals surface area contributed by atoms with Gasteiger partial charge in [-0.15, -0.1) is 0 Å². The van der Waals surface area contributed by atoms with Crippen LogP contribution in [0.1, 0.15) is 0 Å². The van der Waals surface area contributed by atoms with Gasteiger partial charge in [0.05, 0.1) is 12.8 Å². The van der Waals surface area contributed by atoms with Gasteiger partial charge < -0.3 is 9.30 Å². The zero-order chi connectivity index (χ0) is 15.7. The molecule has 0 aliphatic rings. The van der Waals surface area contributed by atoms with Crippen molar-refractivity contribution < 1.29 is 17.9 Å². The lowest BCUT2D eigenvalue weighted by atomic mass is 10.2. The number of alkyl halides is 3. The van der Waals surface area contributed by atoms with Crippen LogP contribution < -0.4 is 4.74 Å². The van der Waals surface area contributed by atoms with Crippen LogP contribution >= 0.6 is 0 Å². The van der Waals surface area contributed by atoms with E-state index in [1.165, 1.54) is 17.9 Å². The van der Waals surface area contributed by atoms with Crippen LogP contribution in [0.3, 0.4) is 0 Å². The van der Waals surface area contributed by atoms with Crippen LogP contribution in [0.4, 0.5) is 13.2 Å². The Bertz CT molecular complexity index is 791. The fraction of sp³-hybridized carbons (Fsp3) is 0.188.